The molecular weight excluding hydrogens is 512 g/mol. The van der Waals surface area contributed by atoms with Crippen LogP contribution in [0.15, 0.2) is 48.5 Å². The van der Waals surface area contributed by atoms with Gasteiger partial charge in [0.2, 0.25) is 0 Å². The van der Waals surface area contributed by atoms with Crippen molar-refractivity contribution in [2.24, 2.45) is 21.7 Å². The molecule has 2 aromatic rings. The zero-order valence-electron chi connectivity index (χ0n) is 31.5. The van der Waals surface area contributed by atoms with Gasteiger partial charge < -0.3 is 0 Å². The molecule has 0 saturated carbocycles. The highest BCUT2D eigenvalue weighted by Gasteiger charge is 2.39. The molecule has 2 nitrogen and oxygen atoms in total. The van der Waals surface area contributed by atoms with E-state index in [-0.39, 0.29) is 43.3 Å². The molecular formula is C40H70O2. The number of hydrogen-bond acceptors (Lipinski definition) is 2. The third kappa shape index (κ3) is 8.72. The topological polar surface area (TPSA) is 40.5 Å². The summed E-state index contributed by atoms with van der Waals surface area (Å²) in [6.45, 7) is 46.8. The molecule has 2 rings (SSSR count). The maximum atomic E-state index is 6.00. The van der Waals surface area contributed by atoms with Gasteiger partial charge in [-0.1, -0.05) is 187 Å². The van der Waals surface area contributed by atoms with Gasteiger partial charge in [-0.2, -0.15) is 0 Å². The van der Waals surface area contributed by atoms with Gasteiger partial charge in [-0.3, -0.25) is 10.5 Å². The largest absolute Gasteiger partial charge is 0.255 e. The summed E-state index contributed by atoms with van der Waals surface area (Å²) < 4.78 is 0. The van der Waals surface area contributed by atoms with E-state index >= 15 is 0 Å². The highest BCUT2D eigenvalue weighted by molar-refractivity contribution is 5.36. The lowest BCUT2D eigenvalue weighted by Crippen LogP contribution is -2.36. The molecule has 0 spiro atoms. The Morgan fingerprint density at radius 2 is 0.452 bits per heavy atom. The predicted molar refractivity (Wildman–Crippen MR) is 188 cm³/mol. The second-order valence-electron chi connectivity index (χ2n) is 18.7. The summed E-state index contributed by atoms with van der Waals surface area (Å²) in [6, 6.07) is 18.5. The Morgan fingerprint density at radius 3 is 0.571 bits per heavy atom. The Kier molecular flexibility index (Phi) is 12.6. The fourth-order valence-corrected chi connectivity index (χ4v) is 4.33. The Labute approximate surface area is 262 Å². The van der Waals surface area contributed by atoms with Crippen LogP contribution < -0.4 is 0 Å². The monoisotopic (exact) mass is 583 g/mol. The van der Waals surface area contributed by atoms with E-state index in [4.69, 9.17) is 10.5 Å². The summed E-state index contributed by atoms with van der Waals surface area (Å²) in [4.78, 5) is 0. The Hall–Kier alpha value is -1.64. The molecule has 0 amide bonds. The van der Waals surface area contributed by atoms with Gasteiger partial charge in [-0.25, -0.2) is 0 Å². The first-order valence-electron chi connectivity index (χ1n) is 15.8. The van der Waals surface area contributed by atoms with Crippen LogP contribution in [0.25, 0.3) is 0 Å². The average molecular weight is 583 g/mol. The molecule has 2 aromatic carbocycles. The maximum absolute atomic E-state index is 6.00. The summed E-state index contributed by atoms with van der Waals surface area (Å²) in [5, 5.41) is 12.0. The number of hydrogen-bond donors (Lipinski definition) is 2. The number of benzene rings is 2. The Morgan fingerprint density at radius 1 is 0.310 bits per heavy atom. The molecule has 0 saturated heterocycles. The standard InChI is InChI=1S/2C20H34.H2O2/c2*1-17(2,3)19(7,8)15-12-11-13-16(14-15)20(9,10)18(4,5)6;1-2/h2*11-14H,1-10H3;1-2H. The van der Waals surface area contributed by atoms with Crippen LogP contribution in [0, 0.1) is 21.7 Å². The zero-order valence-corrected chi connectivity index (χ0v) is 31.5. The van der Waals surface area contributed by atoms with Crippen LogP contribution in [-0.2, 0) is 21.7 Å². The molecule has 0 bridgehead atoms. The summed E-state index contributed by atoms with van der Waals surface area (Å²) >= 11 is 0. The summed E-state index contributed by atoms with van der Waals surface area (Å²) in [6.07, 6.45) is 0. The van der Waals surface area contributed by atoms with Crippen LogP contribution in [0.5, 0.6) is 0 Å². The van der Waals surface area contributed by atoms with Crippen molar-refractivity contribution in [3.63, 3.8) is 0 Å². The molecule has 0 radical (unpaired) electrons. The lowest BCUT2D eigenvalue weighted by molar-refractivity contribution is -0.176. The fraction of sp³-hybridized carbons (Fsp3) is 0.700. The van der Waals surface area contributed by atoms with Crippen molar-refractivity contribution in [2.75, 3.05) is 0 Å². The van der Waals surface area contributed by atoms with Crippen LogP contribution in [-0.4, -0.2) is 10.5 Å². The Bertz CT molecular complexity index is 944. The van der Waals surface area contributed by atoms with E-state index in [1.165, 1.54) is 22.3 Å². The van der Waals surface area contributed by atoms with E-state index in [2.05, 4.69) is 187 Å². The van der Waals surface area contributed by atoms with E-state index in [0.29, 0.717) is 0 Å². The zero-order chi connectivity index (χ0) is 34.0. The van der Waals surface area contributed by atoms with Crippen LogP contribution in [0.1, 0.15) is 161 Å². The first kappa shape index (κ1) is 40.4. The molecule has 0 atom stereocenters. The van der Waals surface area contributed by atoms with Crippen molar-refractivity contribution in [2.45, 2.75) is 160 Å². The van der Waals surface area contributed by atoms with Crippen molar-refractivity contribution < 1.29 is 10.5 Å². The predicted octanol–water partition coefficient (Wildman–Crippen LogP) is 12.7. The van der Waals surface area contributed by atoms with E-state index in [1.807, 2.05) is 0 Å². The van der Waals surface area contributed by atoms with Gasteiger partial charge in [0.05, 0.1) is 0 Å². The van der Waals surface area contributed by atoms with Gasteiger partial charge >= 0.3 is 0 Å². The fourth-order valence-electron chi connectivity index (χ4n) is 4.33. The molecule has 0 aromatic heterocycles. The molecule has 42 heavy (non-hydrogen) atoms. The van der Waals surface area contributed by atoms with E-state index in [0.717, 1.165) is 0 Å². The molecule has 0 aliphatic rings. The highest BCUT2D eigenvalue weighted by Crippen LogP contribution is 2.46. The van der Waals surface area contributed by atoms with Gasteiger partial charge in [0.25, 0.3) is 0 Å². The normalized spacial score (nSPS) is 14.0. The molecule has 0 unspecified atom stereocenters. The van der Waals surface area contributed by atoms with Gasteiger partial charge in [-0.05, 0) is 65.6 Å². The molecule has 0 aliphatic heterocycles. The molecule has 2 N–H and O–H groups in total. The van der Waals surface area contributed by atoms with Crippen LogP contribution in [0.4, 0.5) is 0 Å². The minimum absolute atomic E-state index is 0.164. The van der Waals surface area contributed by atoms with Crippen molar-refractivity contribution in [1.29, 1.82) is 0 Å². The van der Waals surface area contributed by atoms with Crippen molar-refractivity contribution in [3.05, 3.63) is 70.8 Å². The number of rotatable bonds is 4. The van der Waals surface area contributed by atoms with E-state index < -0.39 is 0 Å². The quantitative estimate of drug-likeness (QED) is 0.278. The average Bonchev–Trinajstić information content (AvgIpc) is 2.83. The van der Waals surface area contributed by atoms with E-state index in [9.17, 15) is 0 Å². The first-order valence-corrected chi connectivity index (χ1v) is 15.8. The molecule has 0 aliphatic carbocycles. The molecule has 2 heteroatoms. The minimum atomic E-state index is 0.164. The summed E-state index contributed by atoms with van der Waals surface area (Å²) in [5.41, 5.74) is 7.42. The van der Waals surface area contributed by atoms with Crippen LogP contribution in [0.3, 0.4) is 0 Å². The summed E-state index contributed by atoms with van der Waals surface area (Å²) in [5.74, 6) is 0. The third-order valence-electron chi connectivity index (χ3n) is 12.1. The second kappa shape index (κ2) is 13.2. The molecule has 242 valence electrons. The van der Waals surface area contributed by atoms with Crippen molar-refractivity contribution in [3.8, 4) is 0 Å². The smallest absolute Gasteiger partial charge is 0.00550 e. The van der Waals surface area contributed by atoms with Crippen molar-refractivity contribution >= 4 is 0 Å². The second-order valence-corrected chi connectivity index (χ2v) is 18.7. The van der Waals surface area contributed by atoms with Crippen LogP contribution >= 0.6 is 0 Å². The molecule has 0 fully saturated rings. The minimum Gasteiger partial charge on any atom is -0.255 e. The van der Waals surface area contributed by atoms with Gasteiger partial charge in [0, 0.05) is 0 Å². The van der Waals surface area contributed by atoms with Crippen LogP contribution in [0.2, 0.25) is 0 Å². The van der Waals surface area contributed by atoms with Gasteiger partial charge in [0.15, 0.2) is 0 Å². The lowest BCUT2D eigenvalue weighted by Gasteiger charge is -2.42. The maximum Gasteiger partial charge on any atom is -0.00550 e. The lowest BCUT2D eigenvalue weighted by atomic mass is 9.62. The first-order chi connectivity index (χ1) is 18.4. The van der Waals surface area contributed by atoms with E-state index in [1.54, 1.807) is 0 Å². The highest BCUT2D eigenvalue weighted by atomic mass is 17.0. The summed E-state index contributed by atoms with van der Waals surface area (Å²) in [7, 11) is 0. The Balaban J connectivity index is 0.000000756. The van der Waals surface area contributed by atoms with Gasteiger partial charge in [0.1, 0.15) is 0 Å². The third-order valence-corrected chi connectivity index (χ3v) is 12.1. The van der Waals surface area contributed by atoms with Gasteiger partial charge in [-0.15, -0.1) is 0 Å². The SMILES string of the molecule is CC(C)(C)C(C)(C)c1cccc(C(C)(C)C(C)(C)C)c1.CC(C)(C)C(C)(C)c1cccc(C(C)(C)C(C)(C)C)c1.OO. The molecule has 0 heterocycles. The van der Waals surface area contributed by atoms with Crippen molar-refractivity contribution in [1.82, 2.24) is 0 Å².